The van der Waals surface area contributed by atoms with Gasteiger partial charge in [-0.05, 0) is 86.4 Å². The van der Waals surface area contributed by atoms with Crippen LogP contribution in [0.15, 0.2) is 104 Å². The number of fused-ring (bicyclic) bond motifs is 2. The molecule has 0 saturated heterocycles. The molecule has 0 unspecified atom stereocenters. The van der Waals surface area contributed by atoms with Crippen LogP contribution in [0.25, 0.3) is 16.8 Å². The Labute approximate surface area is 298 Å². The first kappa shape index (κ1) is 34.4. The first-order chi connectivity index (χ1) is 23.7. The summed E-state index contributed by atoms with van der Waals surface area (Å²) >= 11 is 5.00. The Bertz CT molecular complexity index is 2230. The Balaban J connectivity index is 1.42. The zero-order chi connectivity index (χ0) is 34.7. The molecule has 1 atom stereocenters. The number of rotatable bonds is 11. The lowest BCUT2D eigenvalue weighted by atomic mass is 9.92. The lowest BCUT2D eigenvalue weighted by Gasteiger charge is -2.26. The number of thiazole rings is 1. The Morgan fingerprint density at radius 1 is 1.04 bits per heavy atom. The van der Waals surface area contributed by atoms with E-state index < -0.39 is 12.0 Å². The lowest BCUT2D eigenvalue weighted by molar-refractivity contribution is -0.139. The molecule has 7 nitrogen and oxygen atoms in total. The third kappa shape index (κ3) is 7.00. The van der Waals surface area contributed by atoms with Gasteiger partial charge in [-0.25, -0.2) is 9.79 Å². The van der Waals surface area contributed by atoms with Crippen LogP contribution in [0.1, 0.15) is 74.8 Å². The summed E-state index contributed by atoms with van der Waals surface area (Å²) < 4.78 is 20.4. The lowest BCUT2D eigenvalue weighted by Crippen LogP contribution is -2.40. The van der Waals surface area contributed by atoms with E-state index >= 15 is 0 Å². The molecular formula is C40H39BrN2O5S. The van der Waals surface area contributed by atoms with Crippen LogP contribution in [-0.2, 0) is 16.1 Å². The van der Waals surface area contributed by atoms with Crippen LogP contribution in [0.5, 0.6) is 11.5 Å². The van der Waals surface area contributed by atoms with E-state index in [2.05, 4.69) is 66.2 Å². The number of carbonyl (C=O) groups excluding carboxylic acids is 1. The van der Waals surface area contributed by atoms with Gasteiger partial charge < -0.3 is 14.2 Å². The van der Waals surface area contributed by atoms with Crippen LogP contribution in [0.3, 0.4) is 0 Å². The summed E-state index contributed by atoms with van der Waals surface area (Å²) in [7, 11) is 1.60. The molecule has 6 rings (SSSR count). The topological polar surface area (TPSA) is 79.1 Å². The van der Waals surface area contributed by atoms with Crippen molar-refractivity contribution in [3.63, 3.8) is 0 Å². The summed E-state index contributed by atoms with van der Waals surface area (Å²) in [6, 6.07) is 25.6. The van der Waals surface area contributed by atoms with Gasteiger partial charge in [0.05, 0.1) is 40.0 Å². The standard InChI is InChI=1S/C40H39BrN2O5S/c1-6-11-32-35(39(45)47-7-2)36(28-18-16-26(17-19-28)24(3)4)43-38(44)34(49-40(43)42-32)22-25-20-31(41)37(33(21-25)46-5)48-23-29-14-10-13-27-12-8-9-15-30(27)29/h8-10,12-22,24,36H,6-7,11,23H2,1-5H3/b34-22-/t36-/m1/s1. The van der Waals surface area contributed by atoms with Crippen LogP contribution >= 0.6 is 27.3 Å². The summed E-state index contributed by atoms with van der Waals surface area (Å²) in [5, 5.41) is 2.28. The van der Waals surface area contributed by atoms with Crippen molar-refractivity contribution in [2.45, 2.75) is 59.1 Å². The Morgan fingerprint density at radius 3 is 2.51 bits per heavy atom. The van der Waals surface area contributed by atoms with Crippen LogP contribution in [-0.4, -0.2) is 24.3 Å². The van der Waals surface area contributed by atoms with Crippen molar-refractivity contribution in [2.24, 2.45) is 4.99 Å². The SMILES string of the molecule is CCCC1=C(C(=O)OCC)[C@@H](c2ccc(C(C)C)cc2)n2c(s/c(=C\c3cc(Br)c(OCc4cccc5ccccc45)c(OC)c3)c2=O)=N1. The maximum atomic E-state index is 14.3. The highest BCUT2D eigenvalue weighted by Crippen LogP contribution is 2.38. The fraction of sp³-hybridized carbons (Fsp3) is 0.275. The van der Waals surface area contributed by atoms with Gasteiger partial charge in [-0.15, -0.1) is 0 Å². The Morgan fingerprint density at radius 2 is 1.80 bits per heavy atom. The molecule has 0 spiro atoms. The fourth-order valence-electron chi connectivity index (χ4n) is 6.18. The van der Waals surface area contributed by atoms with E-state index in [1.54, 1.807) is 18.6 Å². The van der Waals surface area contributed by atoms with Gasteiger partial charge in [-0.2, -0.15) is 0 Å². The maximum Gasteiger partial charge on any atom is 0.338 e. The molecule has 0 aliphatic carbocycles. The molecule has 4 aromatic carbocycles. The highest BCUT2D eigenvalue weighted by atomic mass is 79.9. The van der Waals surface area contributed by atoms with E-state index in [1.807, 2.05) is 55.5 Å². The highest BCUT2D eigenvalue weighted by Gasteiger charge is 2.34. The Kier molecular flexibility index (Phi) is 10.5. The minimum atomic E-state index is -0.661. The molecule has 9 heteroatoms. The molecule has 1 aliphatic heterocycles. The molecule has 5 aromatic rings. The van der Waals surface area contributed by atoms with Crippen molar-refractivity contribution >= 4 is 50.1 Å². The number of nitrogens with zero attached hydrogens (tertiary/aromatic N) is 2. The third-order valence-electron chi connectivity index (χ3n) is 8.61. The minimum Gasteiger partial charge on any atom is -0.493 e. The zero-order valence-corrected chi connectivity index (χ0v) is 30.7. The number of hydrogen-bond donors (Lipinski definition) is 0. The summed E-state index contributed by atoms with van der Waals surface area (Å²) in [6.45, 7) is 8.69. The molecule has 0 N–H and O–H groups in total. The van der Waals surface area contributed by atoms with Gasteiger partial charge in [0.15, 0.2) is 16.3 Å². The van der Waals surface area contributed by atoms with E-state index in [1.165, 1.54) is 16.9 Å². The van der Waals surface area contributed by atoms with Crippen molar-refractivity contribution in [1.82, 2.24) is 4.57 Å². The van der Waals surface area contributed by atoms with Gasteiger partial charge in [0, 0.05) is 0 Å². The number of aromatic nitrogens is 1. The molecule has 1 aliphatic rings. The van der Waals surface area contributed by atoms with E-state index in [9.17, 15) is 9.59 Å². The van der Waals surface area contributed by atoms with Gasteiger partial charge in [0.1, 0.15) is 6.61 Å². The number of hydrogen-bond acceptors (Lipinski definition) is 7. The van der Waals surface area contributed by atoms with Gasteiger partial charge in [-0.1, -0.05) is 105 Å². The molecule has 0 amide bonds. The molecule has 0 radical (unpaired) electrons. The molecule has 0 saturated carbocycles. The fourth-order valence-corrected chi connectivity index (χ4v) is 7.78. The number of methoxy groups -OCH3 is 1. The molecule has 252 valence electrons. The number of halogens is 1. The average Bonchev–Trinajstić information content (AvgIpc) is 3.40. The van der Waals surface area contributed by atoms with Gasteiger partial charge in [-0.3, -0.25) is 9.36 Å². The normalized spacial score (nSPS) is 14.6. The molecule has 1 aromatic heterocycles. The first-order valence-electron chi connectivity index (χ1n) is 16.5. The smallest absolute Gasteiger partial charge is 0.338 e. The van der Waals surface area contributed by atoms with Crippen molar-refractivity contribution in [2.75, 3.05) is 13.7 Å². The average molecular weight is 740 g/mol. The van der Waals surface area contributed by atoms with E-state index in [0.29, 0.717) is 55.5 Å². The maximum absolute atomic E-state index is 14.3. The quantitative estimate of drug-likeness (QED) is 0.128. The first-order valence-corrected chi connectivity index (χ1v) is 18.1. The molecule has 2 heterocycles. The van der Waals surface area contributed by atoms with Crippen LogP contribution in [0.2, 0.25) is 0 Å². The van der Waals surface area contributed by atoms with Crippen molar-refractivity contribution in [3.8, 4) is 11.5 Å². The second-order valence-corrected chi connectivity index (χ2v) is 14.1. The predicted octanol–water partition coefficient (Wildman–Crippen LogP) is 8.21. The molecule has 0 fully saturated rings. The molecular weight excluding hydrogens is 700 g/mol. The number of benzene rings is 4. The van der Waals surface area contributed by atoms with Crippen LogP contribution in [0.4, 0.5) is 0 Å². The monoisotopic (exact) mass is 738 g/mol. The number of esters is 1. The summed E-state index contributed by atoms with van der Waals surface area (Å²) in [5.41, 5.74) is 4.67. The van der Waals surface area contributed by atoms with Gasteiger partial charge in [0.2, 0.25) is 0 Å². The predicted molar refractivity (Wildman–Crippen MR) is 199 cm³/mol. The summed E-state index contributed by atoms with van der Waals surface area (Å²) in [6.07, 6.45) is 3.21. The second-order valence-electron chi connectivity index (χ2n) is 12.2. The largest absolute Gasteiger partial charge is 0.493 e. The van der Waals surface area contributed by atoms with Crippen LogP contribution in [0, 0.1) is 0 Å². The highest BCUT2D eigenvalue weighted by molar-refractivity contribution is 9.10. The van der Waals surface area contributed by atoms with E-state index in [0.717, 1.165) is 33.9 Å². The van der Waals surface area contributed by atoms with E-state index in [-0.39, 0.29) is 12.2 Å². The second kappa shape index (κ2) is 15.0. The van der Waals surface area contributed by atoms with E-state index in [4.69, 9.17) is 19.2 Å². The third-order valence-corrected chi connectivity index (χ3v) is 10.2. The minimum absolute atomic E-state index is 0.226. The number of ether oxygens (including phenoxy) is 3. The Hall–Kier alpha value is -4.47. The van der Waals surface area contributed by atoms with Gasteiger partial charge in [0.25, 0.3) is 5.56 Å². The van der Waals surface area contributed by atoms with Crippen molar-refractivity contribution in [3.05, 3.63) is 137 Å². The van der Waals surface area contributed by atoms with Crippen molar-refractivity contribution in [1.29, 1.82) is 0 Å². The number of allylic oxidation sites excluding steroid dienone is 1. The number of carbonyl (C=O) groups is 1. The summed E-state index contributed by atoms with van der Waals surface area (Å²) in [5.74, 6) is 1.00. The summed E-state index contributed by atoms with van der Waals surface area (Å²) in [4.78, 5) is 33.2. The van der Waals surface area contributed by atoms with Crippen LogP contribution < -0.4 is 24.4 Å². The zero-order valence-electron chi connectivity index (χ0n) is 28.3. The molecule has 49 heavy (non-hydrogen) atoms. The van der Waals surface area contributed by atoms with Crippen molar-refractivity contribution < 1.29 is 19.0 Å². The molecule has 0 bridgehead atoms. The van der Waals surface area contributed by atoms with Gasteiger partial charge >= 0.3 is 5.97 Å².